The van der Waals surface area contributed by atoms with Gasteiger partial charge in [0, 0.05) is 19.3 Å². The summed E-state index contributed by atoms with van der Waals surface area (Å²) in [5.41, 5.74) is 0. The molecule has 0 rings (SSSR count). The first-order chi connectivity index (χ1) is 24.4. The fraction of sp³-hybridized carbons (Fsp3) is 0.825. The number of rotatable bonds is 36. The molecule has 1 unspecified atom stereocenters. The number of likely N-dealkylation sites (N-methyl/N-ethyl adjacent to an activating group) is 1. The Morgan fingerprint density at radius 2 is 1.16 bits per heavy atom. The Morgan fingerprint density at radius 1 is 0.647 bits per heavy atom. The van der Waals surface area contributed by atoms with Gasteiger partial charge in [-0.3, -0.25) is 18.9 Å². The molecule has 0 aromatic carbocycles. The van der Waals surface area contributed by atoms with Crippen molar-refractivity contribution in [3.8, 4) is 0 Å². The van der Waals surface area contributed by atoms with Gasteiger partial charge in [-0.15, -0.1) is 0 Å². The Labute approximate surface area is 311 Å². The molecule has 0 fully saturated rings. The van der Waals surface area contributed by atoms with E-state index in [1.165, 1.54) is 44.9 Å². The van der Waals surface area contributed by atoms with Crippen LogP contribution in [0.4, 0.5) is 0 Å². The van der Waals surface area contributed by atoms with E-state index in [2.05, 4.69) is 19.9 Å². The third kappa shape index (κ3) is 36.3. The van der Waals surface area contributed by atoms with E-state index >= 15 is 0 Å². The molecule has 0 saturated heterocycles. The summed E-state index contributed by atoms with van der Waals surface area (Å²) in [6.07, 6.45) is 29.0. The predicted molar refractivity (Wildman–Crippen MR) is 204 cm³/mol. The SMILES string of the molecule is CCCCCCCCCCCCCC(=O)O[C@H](COC(=O)CCCCCCC/C=C\C=C\C(=O)CCCCC)COP(=O)([O-])OCC[N+](C)(C)C. The highest BCUT2D eigenvalue weighted by Crippen LogP contribution is 2.38. The van der Waals surface area contributed by atoms with Crippen LogP contribution in [0.5, 0.6) is 0 Å². The number of ether oxygens (including phenoxy) is 2. The number of unbranched alkanes of at least 4 members (excludes halogenated alkanes) is 17. The summed E-state index contributed by atoms with van der Waals surface area (Å²) in [5, 5.41) is 0. The van der Waals surface area contributed by atoms with Crippen LogP contribution in [0.3, 0.4) is 0 Å². The van der Waals surface area contributed by atoms with E-state index in [0.29, 0.717) is 30.3 Å². The molecule has 298 valence electrons. The van der Waals surface area contributed by atoms with Gasteiger partial charge in [0.15, 0.2) is 11.9 Å². The monoisotopic (exact) mass is 744 g/mol. The summed E-state index contributed by atoms with van der Waals surface area (Å²) in [4.78, 5) is 49.1. The predicted octanol–water partition coefficient (Wildman–Crippen LogP) is 9.34. The van der Waals surface area contributed by atoms with Crippen LogP contribution in [0.25, 0.3) is 0 Å². The first-order valence-electron chi connectivity index (χ1n) is 20.0. The van der Waals surface area contributed by atoms with E-state index in [1.807, 2.05) is 33.3 Å². The summed E-state index contributed by atoms with van der Waals surface area (Å²) in [5.74, 6) is -0.718. The number of phosphoric ester groups is 1. The van der Waals surface area contributed by atoms with E-state index in [1.54, 1.807) is 6.08 Å². The Bertz CT molecular complexity index is 993. The van der Waals surface area contributed by atoms with Gasteiger partial charge in [-0.25, -0.2) is 0 Å². The standard InChI is InChI=1S/C40H74NO9P/c1-6-8-10-11-12-13-14-17-21-24-28-32-40(44)50-38(36-49-51(45,46)48-34-33-41(3,4)5)35-47-39(43)31-27-23-20-18-15-16-19-22-26-30-37(42)29-25-9-7-2/h19,22,26,30,38H,6-18,20-21,23-25,27-29,31-36H2,1-5H3/b22-19-,30-26+/t38-/m1/s1. The molecule has 0 saturated carbocycles. The number of esters is 2. The van der Waals surface area contributed by atoms with E-state index in [0.717, 1.165) is 70.6 Å². The lowest BCUT2D eigenvalue weighted by Gasteiger charge is -2.28. The van der Waals surface area contributed by atoms with Crippen LogP contribution < -0.4 is 4.89 Å². The maximum Gasteiger partial charge on any atom is 0.306 e. The minimum atomic E-state index is -4.63. The van der Waals surface area contributed by atoms with Gasteiger partial charge in [-0.1, -0.05) is 128 Å². The van der Waals surface area contributed by atoms with Gasteiger partial charge in [-0.05, 0) is 38.2 Å². The number of allylic oxidation sites excluding steroid dienone is 4. The van der Waals surface area contributed by atoms with Crippen LogP contribution in [0.1, 0.15) is 162 Å². The summed E-state index contributed by atoms with van der Waals surface area (Å²) in [7, 11) is 1.12. The molecule has 0 aliphatic carbocycles. The Morgan fingerprint density at radius 3 is 1.75 bits per heavy atom. The molecule has 0 aromatic rings. The van der Waals surface area contributed by atoms with Crippen LogP contribution >= 0.6 is 7.82 Å². The highest BCUT2D eigenvalue weighted by atomic mass is 31.2. The molecule has 0 aromatic heterocycles. The van der Waals surface area contributed by atoms with Gasteiger partial charge in [0.05, 0.1) is 27.7 Å². The molecule has 51 heavy (non-hydrogen) atoms. The zero-order valence-corrected chi connectivity index (χ0v) is 33.9. The molecule has 0 radical (unpaired) electrons. The van der Waals surface area contributed by atoms with Gasteiger partial charge >= 0.3 is 11.9 Å². The molecule has 0 aliphatic heterocycles. The third-order valence-electron chi connectivity index (χ3n) is 8.45. The van der Waals surface area contributed by atoms with Gasteiger partial charge in [-0.2, -0.15) is 0 Å². The number of carbonyl (C=O) groups is 3. The lowest BCUT2D eigenvalue weighted by Crippen LogP contribution is -2.37. The second-order valence-electron chi connectivity index (χ2n) is 14.7. The van der Waals surface area contributed by atoms with Crippen molar-refractivity contribution in [1.82, 2.24) is 0 Å². The average Bonchev–Trinajstić information content (AvgIpc) is 3.06. The molecule has 0 aliphatic rings. The van der Waals surface area contributed by atoms with Crippen molar-refractivity contribution in [2.45, 2.75) is 168 Å². The second-order valence-corrected chi connectivity index (χ2v) is 16.1. The van der Waals surface area contributed by atoms with Crippen molar-refractivity contribution < 1.29 is 46.8 Å². The van der Waals surface area contributed by atoms with Crippen molar-refractivity contribution in [2.24, 2.45) is 0 Å². The van der Waals surface area contributed by atoms with E-state index in [9.17, 15) is 23.8 Å². The molecule has 0 amide bonds. The summed E-state index contributed by atoms with van der Waals surface area (Å²) < 4.78 is 33.7. The van der Waals surface area contributed by atoms with Crippen LogP contribution in [-0.4, -0.2) is 75.8 Å². The molecule has 0 N–H and O–H groups in total. The summed E-state index contributed by atoms with van der Waals surface area (Å²) >= 11 is 0. The molecule has 11 heteroatoms. The number of nitrogens with zero attached hydrogens (tertiary/aromatic N) is 1. The quantitative estimate of drug-likeness (QED) is 0.0154. The zero-order valence-electron chi connectivity index (χ0n) is 33.0. The largest absolute Gasteiger partial charge is 0.756 e. The smallest absolute Gasteiger partial charge is 0.306 e. The van der Waals surface area contributed by atoms with Crippen LogP contribution in [-0.2, 0) is 37.5 Å². The van der Waals surface area contributed by atoms with Crippen molar-refractivity contribution >= 4 is 25.5 Å². The highest BCUT2D eigenvalue weighted by Gasteiger charge is 2.21. The minimum absolute atomic E-state index is 0.0436. The van der Waals surface area contributed by atoms with Crippen LogP contribution in [0.15, 0.2) is 24.3 Å². The number of carbonyl (C=O) groups excluding carboxylic acids is 3. The first-order valence-corrected chi connectivity index (χ1v) is 21.5. The number of hydrogen-bond donors (Lipinski definition) is 0. The molecule has 0 heterocycles. The Kier molecular flexibility index (Phi) is 31.6. The lowest BCUT2D eigenvalue weighted by atomic mass is 10.1. The summed E-state index contributed by atoms with van der Waals surface area (Å²) in [6.45, 7) is 4.00. The fourth-order valence-corrected chi connectivity index (χ4v) is 5.95. The maximum absolute atomic E-state index is 12.6. The van der Waals surface area contributed by atoms with Crippen molar-refractivity contribution in [3.63, 3.8) is 0 Å². The number of quaternary nitrogens is 1. The van der Waals surface area contributed by atoms with Gasteiger partial charge in [0.25, 0.3) is 7.82 Å². The van der Waals surface area contributed by atoms with Crippen LogP contribution in [0, 0.1) is 0 Å². The normalized spacial score (nSPS) is 13.8. The van der Waals surface area contributed by atoms with E-state index in [4.69, 9.17) is 18.5 Å². The average molecular weight is 744 g/mol. The zero-order chi connectivity index (χ0) is 38.1. The first kappa shape index (κ1) is 49.2. The Hall–Kier alpha value is -1.84. The maximum atomic E-state index is 12.6. The second kappa shape index (κ2) is 32.8. The minimum Gasteiger partial charge on any atom is -0.756 e. The number of hydrogen-bond acceptors (Lipinski definition) is 9. The summed E-state index contributed by atoms with van der Waals surface area (Å²) in [6, 6.07) is 0. The third-order valence-corrected chi connectivity index (χ3v) is 9.41. The van der Waals surface area contributed by atoms with Crippen molar-refractivity contribution in [1.29, 1.82) is 0 Å². The van der Waals surface area contributed by atoms with Crippen molar-refractivity contribution in [3.05, 3.63) is 24.3 Å². The topological polar surface area (TPSA) is 128 Å². The van der Waals surface area contributed by atoms with Crippen molar-refractivity contribution in [2.75, 3.05) is 47.5 Å². The number of phosphoric acid groups is 1. The van der Waals surface area contributed by atoms with Gasteiger partial charge in [0.1, 0.15) is 19.8 Å². The highest BCUT2D eigenvalue weighted by molar-refractivity contribution is 7.45. The molecule has 10 nitrogen and oxygen atoms in total. The molecular formula is C40H74NO9P. The molecular weight excluding hydrogens is 669 g/mol. The van der Waals surface area contributed by atoms with Crippen LogP contribution in [0.2, 0.25) is 0 Å². The van der Waals surface area contributed by atoms with E-state index < -0.39 is 32.5 Å². The fourth-order valence-electron chi connectivity index (χ4n) is 5.22. The molecule has 0 spiro atoms. The molecule has 2 atom stereocenters. The number of ketones is 1. The molecule has 0 bridgehead atoms. The van der Waals surface area contributed by atoms with E-state index in [-0.39, 0.29) is 31.8 Å². The Balaban J connectivity index is 4.46. The van der Waals surface area contributed by atoms with Gasteiger partial charge < -0.3 is 27.9 Å². The van der Waals surface area contributed by atoms with Gasteiger partial charge in [0.2, 0.25) is 0 Å². The lowest BCUT2D eigenvalue weighted by molar-refractivity contribution is -0.870.